The van der Waals surface area contributed by atoms with E-state index in [1.807, 2.05) is 6.92 Å². The lowest BCUT2D eigenvalue weighted by Gasteiger charge is -2.15. The smallest absolute Gasteiger partial charge is 0.279 e. The summed E-state index contributed by atoms with van der Waals surface area (Å²) in [7, 11) is -3.74. The number of hydrogen-bond donors (Lipinski definition) is 3. The predicted molar refractivity (Wildman–Crippen MR) is 127 cm³/mol. The number of hydrogen-bond acceptors (Lipinski definition) is 6. The van der Waals surface area contributed by atoms with Gasteiger partial charge in [0.05, 0.1) is 11.5 Å². The first-order valence-corrected chi connectivity index (χ1v) is 11.9. The van der Waals surface area contributed by atoms with E-state index in [1.165, 1.54) is 36.4 Å². The SMILES string of the molecule is CCOc1ccc(OC(C)C(=O)NNC(=O)c2ccc(NS(=O)(=O)c3ccccc3)cc2)cc1. The molecule has 0 radical (unpaired) electrons. The highest BCUT2D eigenvalue weighted by Crippen LogP contribution is 2.19. The molecule has 0 spiro atoms. The molecule has 0 aliphatic heterocycles. The first-order chi connectivity index (χ1) is 16.3. The van der Waals surface area contributed by atoms with Crippen molar-refractivity contribution in [2.75, 3.05) is 11.3 Å². The number of ether oxygens (including phenoxy) is 2. The van der Waals surface area contributed by atoms with Crippen molar-refractivity contribution in [1.82, 2.24) is 10.9 Å². The van der Waals surface area contributed by atoms with Crippen molar-refractivity contribution in [3.05, 3.63) is 84.4 Å². The molecule has 10 heteroatoms. The topological polar surface area (TPSA) is 123 Å². The van der Waals surface area contributed by atoms with Crippen molar-refractivity contribution < 1.29 is 27.5 Å². The second kappa shape index (κ2) is 11.2. The number of amides is 2. The number of anilines is 1. The number of hydrazine groups is 1. The van der Waals surface area contributed by atoms with Gasteiger partial charge in [-0.1, -0.05) is 18.2 Å². The minimum atomic E-state index is -3.74. The molecule has 0 fully saturated rings. The normalized spacial score (nSPS) is 11.7. The van der Waals surface area contributed by atoms with E-state index in [0.29, 0.717) is 23.8 Å². The number of benzene rings is 3. The van der Waals surface area contributed by atoms with E-state index in [-0.39, 0.29) is 10.5 Å². The van der Waals surface area contributed by atoms with Crippen molar-refractivity contribution >= 4 is 27.5 Å². The molecule has 0 aromatic heterocycles. The zero-order chi connectivity index (χ0) is 24.6. The molecule has 3 rings (SSSR count). The van der Waals surface area contributed by atoms with Crippen LogP contribution in [0.15, 0.2) is 83.8 Å². The largest absolute Gasteiger partial charge is 0.494 e. The minimum Gasteiger partial charge on any atom is -0.494 e. The Morgan fingerprint density at radius 2 is 1.47 bits per heavy atom. The maximum absolute atomic E-state index is 12.4. The quantitative estimate of drug-likeness (QED) is 0.402. The zero-order valence-electron chi connectivity index (χ0n) is 18.6. The van der Waals surface area contributed by atoms with Gasteiger partial charge in [0.25, 0.3) is 21.8 Å². The van der Waals surface area contributed by atoms with E-state index < -0.39 is 27.9 Å². The van der Waals surface area contributed by atoms with Crippen LogP contribution in [0.25, 0.3) is 0 Å². The highest BCUT2D eigenvalue weighted by molar-refractivity contribution is 7.92. The van der Waals surface area contributed by atoms with E-state index >= 15 is 0 Å². The summed E-state index contributed by atoms with van der Waals surface area (Å²) >= 11 is 0. The summed E-state index contributed by atoms with van der Waals surface area (Å²) in [5.74, 6) is 0.0534. The summed E-state index contributed by atoms with van der Waals surface area (Å²) in [6, 6.07) is 20.5. The van der Waals surface area contributed by atoms with Crippen LogP contribution in [-0.4, -0.2) is 32.9 Å². The van der Waals surface area contributed by atoms with E-state index in [1.54, 1.807) is 49.4 Å². The van der Waals surface area contributed by atoms with E-state index in [4.69, 9.17) is 9.47 Å². The lowest BCUT2D eigenvalue weighted by Crippen LogP contribution is -2.47. The third kappa shape index (κ3) is 6.72. The Hall–Kier alpha value is -4.05. The predicted octanol–water partition coefficient (Wildman–Crippen LogP) is 3.11. The summed E-state index contributed by atoms with van der Waals surface area (Å²) in [4.78, 5) is 24.7. The fourth-order valence-corrected chi connectivity index (χ4v) is 3.91. The third-order valence-corrected chi connectivity index (χ3v) is 5.97. The molecule has 3 aromatic carbocycles. The lowest BCUT2D eigenvalue weighted by atomic mass is 10.2. The number of carbonyl (C=O) groups is 2. The molecule has 178 valence electrons. The van der Waals surface area contributed by atoms with Crippen LogP contribution in [0.3, 0.4) is 0 Å². The Kier molecular flexibility index (Phi) is 8.10. The molecule has 0 aliphatic rings. The highest BCUT2D eigenvalue weighted by atomic mass is 32.2. The Morgan fingerprint density at radius 3 is 2.09 bits per heavy atom. The van der Waals surface area contributed by atoms with E-state index in [2.05, 4.69) is 15.6 Å². The van der Waals surface area contributed by atoms with Crippen LogP contribution in [0.2, 0.25) is 0 Å². The van der Waals surface area contributed by atoms with E-state index in [9.17, 15) is 18.0 Å². The number of sulfonamides is 1. The van der Waals surface area contributed by atoms with Crippen LogP contribution in [-0.2, 0) is 14.8 Å². The lowest BCUT2D eigenvalue weighted by molar-refractivity contribution is -0.128. The van der Waals surface area contributed by atoms with Gasteiger partial charge in [-0.3, -0.25) is 25.2 Å². The first kappa shape index (κ1) is 24.6. The molecule has 0 saturated heterocycles. The van der Waals surface area contributed by atoms with Gasteiger partial charge in [-0.2, -0.15) is 0 Å². The van der Waals surface area contributed by atoms with Crippen molar-refractivity contribution in [2.45, 2.75) is 24.8 Å². The summed E-state index contributed by atoms with van der Waals surface area (Å²) in [5.41, 5.74) is 5.13. The molecule has 1 atom stereocenters. The summed E-state index contributed by atoms with van der Waals surface area (Å²) in [6.07, 6.45) is -0.868. The van der Waals surface area contributed by atoms with Gasteiger partial charge in [-0.25, -0.2) is 8.42 Å². The molecule has 3 N–H and O–H groups in total. The van der Waals surface area contributed by atoms with Crippen LogP contribution < -0.4 is 25.0 Å². The van der Waals surface area contributed by atoms with Gasteiger partial charge in [0, 0.05) is 11.3 Å². The Morgan fingerprint density at radius 1 is 0.853 bits per heavy atom. The zero-order valence-corrected chi connectivity index (χ0v) is 19.5. The van der Waals surface area contributed by atoms with Gasteiger partial charge in [-0.15, -0.1) is 0 Å². The van der Waals surface area contributed by atoms with Crippen LogP contribution in [0.4, 0.5) is 5.69 Å². The van der Waals surface area contributed by atoms with Crippen LogP contribution >= 0.6 is 0 Å². The molecule has 0 heterocycles. The molecule has 0 aliphatic carbocycles. The van der Waals surface area contributed by atoms with Gasteiger partial charge in [0.15, 0.2) is 6.10 Å². The maximum Gasteiger partial charge on any atom is 0.279 e. The number of nitrogens with one attached hydrogen (secondary N) is 3. The number of carbonyl (C=O) groups excluding carboxylic acids is 2. The molecule has 2 amide bonds. The highest BCUT2D eigenvalue weighted by Gasteiger charge is 2.17. The van der Waals surface area contributed by atoms with Gasteiger partial charge in [-0.05, 0) is 74.5 Å². The average Bonchev–Trinajstić information content (AvgIpc) is 2.84. The second-order valence-corrected chi connectivity index (χ2v) is 8.79. The molecule has 9 nitrogen and oxygen atoms in total. The summed E-state index contributed by atoms with van der Waals surface area (Å²) < 4.78 is 38.1. The molecular formula is C24H25N3O6S. The average molecular weight is 484 g/mol. The molecule has 3 aromatic rings. The van der Waals surface area contributed by atoms with Gasteiger partial charge in [0.2, 0.25) is 0 Å². The Labute approximate surface area is 198 Å². The first-order valence-electron chi connectivity index (χ1n) is 10.5. The molecule has 1 unspecified atom stereocenters. The van der Waals surface area contributed by atoms with Crippen LogP contribution in [0.1, 0.15) is 24.2 Å². The molecule has 0 saturated carbocycles. The van der Waals surface area contributed by atoms with Crippen LogP contribution in [0.5, 0.6) is 11.5 Å². The van der Waals surface area contributed by atoms with Crippen molar-refractivity contribution in [1.29, 1.82) is 0 Å². The summed E-state index contributed by atoms with van der Waals surface area (Å²) in [6.45, 7) is 3.98. The van der Waals surface area contributed by atoms with Gasteiger partial charge < -0.3 is 9.47 Å². The maximum atomic E-state index is 12.4. The van der Waals surface area contributed by atoms with Crippen molar-refractivity contribution in [2.24, 2.45) is 0 Å². The van der Waals surface area contributed by atoms with Gasteiger partial charge >= 0.3 is 0 Å². The fraction of sp³-hybridized carbons (Fsp3) is 0.167. The second-order valence-electron chi connectivity index (χ2n) is 7.10. The van der Waals surface area contributed by atoms with Crippen LogP contribution in [0, 0.1) is 0 Å². The van der Waals surface area contributed by atoms with Crippen molar-refractivity contribution in [3.8, 4) is 11.5 Å². The fourth-order valence-electron chi connectivity index (χ4n) is 2.83. The van der Waals surface area contributed by atoms with Crippen molar-refractivity contribution in [3.63, 3.8) is 0 Å². The van der Waals surface area contributed by atoms with E-state index in [0.717, 1.165) is 0 Å². The van der Waals surface area contributed by atoms with Gasteiger partial charge in [0.1, 0.15) is 11.5 Å². The molecule has 34 heavy (non-hydrogen) atoms. The Bertz CT molecular complexity index is 1210. The number of rotatable bonds is 9. The third-order valence-electron chi connectivity index (χ3n) is 4.57. The molecular weight excluding hydrogens is 458 g/mol. The monoisotopic (exact) mass is 483 g/mol. The molecule has 0 bridgehead atoms. The summed E-state index contributed by atoms with van der Waals surface area (Å²) in [5, 5.41) is 0. The Balaban J connectivity index is 1.50. The minimum absolute atomic E-state index is 0.126. The standard InChI is InChI=1S/C24H25N3O6S/c1-3-32-20-13-15-21(16-14-20)33-17(2)23(28)25-26-24(29)18-9-11-19(12-10-18)27-34(30,31)22-7-5-4-6-8-22/h4-17,27H,3H2,1-2H3,(H,25,28)(H,26,29).